The molecular weight excluding hydrogens is 268 g/mol. The number of nitrogens with zero attached hydrogens (tertiary/aromatic N) is 1. The van der Waals surface area contributed by atoms with Gasteiger partial charge in [0.15, 0.2) is 0 Å². The van der Waals surface area contributed by atoms with Crippen molar-refractivity contribution in [1.29, 1.82) is 0 Å². The molecule has 4 nitrogen and oxygen atoms in total. The minimum Gasteiger partial charge on any atom is -0.320 e. The molecule has 98 valence electrons. The van der Waals surface area contributed by atoms with Gasteiger partial charge in [0, 0.05) is 6.42 Å². The number of rotatable bonds is 5. The Hall–Kier alpha value is -0.910. The van der Waals surface area contributed by atoms with Crippen molar-refractivity contribution in [3.05, 3.63) is 24.1 Å². The number of pyridine rings is 1. The Bertz CT molecular complexity index is 322. The molecule has 7 heteroatoms. The molecule has 0 atom stereocenters. The van der Waals surface area contributed by atoms with Crippen LogP contribution in [0.5, 0.6) is 0 Å². The summed E-state index contributed by atoms with van der Waals surface area (Å²) in [5, 5.41) is 5.53. The highest BCUT2D eigenvalue weighted by Gasteiger charge is 2.02. The third kappa shape index (κ3) is 7.90. The Balaban J connectivity index is 0. The predicted octanol–water partition coefficient (Wildman–Crippen LogP) is 2.00. The first-order valence-corrected chi connectivity index (χ1v) is 4.78. The topological polar surface area (TPSA) is 54.0 Å². The van der Waals surface area contributed by atoms with E-state index in [0.29, 0.717) is 12.2 Å². The van der Waals surface area contributed by atoms with Crippen molar-refractivity contribution >= 4 is 36.5 Å². The second-order valence-corrected chi connectivity index (χ2v) is 3.12. The van der Waals surface area contributed by atoms with Crippen LogP contribution in [0, 0.1) is 5.82 Å². The number of amides is 1. The highest BCUT2D eigenvalue weighted by atomic mass is 35.5. The summed E-state index contributed by atoms with van der Waals surface area (Å²) < 4.78 is 12.5. The van der Waals surface area contributed by atoms with Crippen LogP contribution in [0.4, 0.5) is 10.2 Å². The fraction of sp³-hybridized carbons (Fsp3) is 0.400. The van der Waals surface area contributed by atoms with Crippen LogP contribution in [0.3, 0.4) is 0 Å². The van der Waals surface area contributed by atoms with E-state index in [2.05, 4.69) is 15.6 Å². The maximum atomic E-state index is 12.5. The maximum Gasteiger partial charge on any atom is 0.225 e. The first kappa shape index (κ1) is 18.5. The monoisotopic (exact) mass is 283 g/mol. The van der Waals surface area contributed by atoms with Gasteiger partial charge in [-0.2, -0.15) is 0 Å². The molecule has 1 rings (SSSR count). The van der Waals surface area contributed by atoms with E-state index in [1.807, 2.05) is 7.05 Å². The lowest BCUT2D eigenvalue weighted by Crippen LogP contribution is -2.15. The van der Waals surface area contributed by atoms with Crippen LogP contribution in [0.25, 0.3) is 0 Å². The number of anilines is 1. The Labute approximate surface area is 112 Å². The zero-order chi connectivity index (χ0) is 11.1. The first-order valence-electron chi connectivity index (χ1n) is 4.78. The minimum atomic E-state index is -0.414. The molecule has 0 aliphatic heterocycles. The average Bonchev–Trinajstić information content (AvgIpc) is 2.22. The summed E-state index contributed by atoms with van der Waals surface area (Å²) in [4.78, 5) is 15.0. The van der Waals surface area contributed by atoms with Crippen molar-refractivity contribution in [1.82, 2.24) is 10.3 Å². The Morgan fingerprint density at radius 2 is 2.12 bits per heavy atom. The summed E-state index contributed by atoms with van der Waals surface area (Å²) in [6.07, 6.45) is 2.27. The molecule has 0 aliphatic carbocycles. The number of hydrogen-bond donors (Lipinski definition) is 2. The molecule has 0 saturated heterocycles. The van der Waals surface area contributed by atoms with Gasteiger partial charge in [0.1, 0.15) is 11.6 Å². The summed E-state index contributed by atoms with van der Waals surface area (Å²) >= 11 is 0. The van der Waals surface area contributed by atoms with Gasteiger partial charge in [0.05, 0.1) is 6.20 Å². The summed E-state index contributed by atoms with van der Waals surface area (Å²) in [5.41, 5.74) is 0. The van der Waals surface area contributed by atoms with Crippen molar-refractivity contribution in [2.24, 2.45) is 0 Å². The normalized spacial score (nSPS) is 8.82. The number of hydrogen-bond acceptors (Lipinski definition) is 3. The molecule has 1 aromatic heterocycles. The molecule has 1 heterocycles. The van der Waals surface area contributed by atoms with Crippen LogP contribution in [-0.4, -0.2) is 24.5 Å². The first-order chi connectivity index (χ1) is 7.22. The van der Waals surface area contributed by atoms with Gasteiger partial charge in [0.2, 0.25) is 5.91 Å². The number of nitrogens with one attached hydrogen (secondary N) is 2. The summed E-state index contributed by atoms with van der Waals surface area (Å²) in [5.74, 6) is -0.140. The van der Waals surface area contributed by atoms with Crippen molar-refractivity contribution < 1.29 is 9.18 Å². The standard InChI is InChI=1S/C10H14FN3O.2ClH/c1-12-6-2-3-10(15)14-9-5-4-8(11)7-13-9;;/h4-5,7,12H,2-3,6H2,1H3,(H,13,14,15);2*1H. The molecule has 17 heavy (non-hydrogen) atoms. The number of carbonyl (C=O) groups is 1. The molecule has 0 spiro atoms. The van der Waals surface area contributed by atoms with Crippen molar-refractivity contribution in [3.63, 3.8) is 0 Å². The van der Waals surface area contributed by atoms with E-state index in [1.54, 1.807) is 0 Å². The summed E-state index contributed by atoms with van der Waals surface area (Å²) in [7, 11) is 1.83. The van der Waals surface area contributed by atoms with Crippen LogP contribution in [-0.2, 0) is 4.79 Å². The molecule has 0 aromatic carbocycles. The molecule has 0 aliphatic rings. The molecule has 0 fully saturated rings. The predicted molar refractivity (Wildman–Crippen MR) is 70.5 cm³/mol. The second kappa shape index (κ2) is 10.3. The van der Waals surface area contributed by atoms with E-state index in [-0.39, 0.29) is 30.7 Å². The number of aromatic nitrogens is 1. The fourth-order valence-corrected chi connectivity index (χ4v) is 1.08. The van der Waals surface area contributed by atoms with Gasteiger partial charge in [-0.25, -0.2) is 9.37 Å². The van der Waals surface area contributed by atoms with E-state index in [0.717, 1.165) is 19.2 Å². The third-order valence-corrected chi connectivity index (χ3v) is 1.83. The molecule has 0 bridgehead atoms. The Morgan fingerprint density at radius 3 is 2.65 bits per heavy atom. The van der Waals surface area contributed by atoms with Gasteiger partial charge in [-0.1, -0.05) is 0 Å². The zero-order valence-corrected chi connectivity index (χ0v) is 11.0. The second-order valence-electron chi connectivity index (χ2n) is 3.12. The van der Waals surface area contributed by atoms with Crippen molar-refractivity contribution in [3.8, 4) is 0 Å². The number of halogens is 3. The van der Waals surface area contributed by atoms with Gasteiger partial charge in [-0.15, -0.1) is 24.8 Å². The molecule has 1 aromatic rings. The lowest BCUT2D eigenvalue weighted by Gasteiger charge is -2.03. The third-order valence-electron chi connectivity index (χ3n) is 1.83. The maximum absolute atomic E-state index is 12.5. The van der Waals surface area contributed by atoms with Crippen LogP contribution in [0.2, 0.25) is 0 Å². The lowest BCUT2D eigenvalue weighted by molar-refractivity contribution is -0.116. The van der Waals surface area contributed by atoms with Crippen molar-refractivity contribution in [2.75, 3.05) is 18.9 Å². The molecule has 0 saturated carbocycles. The SMILES string of the molecule is CNCCCC(=O)Nc1ccc(F)cn1.Cl.Cl. The molecule has 0 radical (unpaired) electrons. The molecule has 0 unspecified atom stereocenters. The van der Waals surface area contributed by atoms with Gasteiger partial charge < -0.3 is 10.6 Å². The van der Waals surface area contributed by atoms with Crippen LogP contribution in [0.15, 0.2) is 18.3 Å². The summed E-state index contributed by atoms with van der Waals surface area (Å²) in [6, 6.07) is 2.70. The smallest absolute Gasteiger partial charge is 0.225 e. The van der Waals surface area contributed by atoms with Gasteiger partial charge in [-0.3, -0.25) is 4.79 Å². The van der Waals surface area contributed by atoms with Crippen LogP contribution in [0.1, 0.15) is 12.8 Å². The number of carbonyl (C=O) groups excluding carboxylic acids is 1. The van der Waals surface area contributed by atoms with Gasteiger partial charge >= 0.3 is 0 Å². The van der Waals surface area contributed by atoms with E-state index >= 15 is 0 Å². The molecular formula is C10H16Cl2FN3O. The van der Waals surface area contributed by atoms with Crippen LogP contribution >= 0.6 is 24.8 Å². The van der Waals surface area contributed by atoms with E-state index < -0.39 is 5.82 Å². The Morgan fingerprint density at radius 1 is 1.41 bits per heavy atom. The Kier molecular flexibility index (Phi) is 11.1. The van der Waals surface area contributed by atoms with Crippen molar-refractivity contribution in [2.45, 2.75) is 12.8 Å². The van der Waals surface area contributed by atoms with E-state index in [9.17, 15) is 9.18 Å². The van der Waals surface area contributed by atoms with E-state index in [4.69, 9.17) is 0 Å². The summed E-state index contributed by atoms with van der Waals surface area (Å²) in [6.45, 7) is 0.796. The molecule has 2 N–H and O–H groups in total. The molecule has 1 amide bonds. The van der Waals surface area contributed by atoms with E-state index in [1.165, 1.54) is 12.1 Å². The average molecular weight is 284 g/mol. The van der Waals surface area contributed by atoms with Crippen LogP contribution < -0.4 is 10.6 Å². The highest BCUT2D eigenvalue weighted by Crippen LogP contribution is 2.04. The van der Waals surface area contributed by atoms with Gasteiger partial charge in [-0.05, 0) is 32.1 Å². The zero-order valence-electron chi connectivity index (χ0n) is 9.40. The lowest BCUT2D eigenvalue weighted by atomic mass is 10.3. The quantitative estimate of drug-likeness (QED) is 0.813. The largest absolute Gasteiger partial charge is 0.320 e. The highest BCUT2D eigenvalue weighted by molar-refractivity contribution is 5.89. The van der Waals surface area contributed by atoms with Gasteiger partial charge in [0.25, 0.3) is 0 Å². The minimum absolute atomic E-state index is 0. The fourth-order valence-electron chi connectivity index (χ4n) is 1.08.